The summed E-state index contributed by atoms with van der Waals surface area (Å²) in [5.41, 5.74) is 0.765. The first-order valence-electron chi connectivity index (χ1n) is 10.6. The molecule has 2 aliphatic heterocycles. The highest BCUT2D eigenvalue weighted by Gasteiger charge is 2.42. The fourth-order valence-corrected chi connectivity index (χ4v) is 4.67. The third kappa shape index (κ3) is 4.27. The van der Waals surface area contributed by atoms with Gasteiger partial charge in [-0.3, -0.25) is 0 Å². The van der Waals surface area contributed by atoms with Crippen molar-refractivity contribution in [3.8, 4) is 0 Å². The Labute approximate surface area is 185 Å². The van der Waals surface area contributed by atoms with Gasteiger partial charge in [0.2, 0.25) is 5.82 Å². The molecule has 1 spiro atoms. The Hall–Kier alpha value is -3.12. The molecule has 0 N–H and O–H groups in total. The lowest BCUT2D eigenvalue weighted by Crippen LogP contribution is -2.42. The van der Waals surface area contributed by atoms with Crippen LogP contribution in [0.2, 0.25) is 0 Å². The van der Waals surface area contributed by atoms with Gasteiger partial charge < -0.3 is 9.80 Å². The highest BCUT2D eigenvalue weighted by Crippen LogP contribution is 2.42. The van der Waals surface area contributed by atoms with E-state index in [9.17, 15) is 22.0 Å². The molecule has 5 rings (SSSR count). The van der Waals surface area contributed by atoms with Crippen molar-refractivity contribution in [1.29, 1.82) is 0 Å². The molecular weight excluding hydrogens is 447 g/mol. The summed E-state index contributed by atoms with van der Waals surface area (Å²) in [4.78, 5) is 19.8. The lowest BCUT2D eigenvalue weighted by atomic mass is 9.78. The van der Waals surface area contributed by atoms with Crippen LogP contribution in [0.25, 0.3) is 11.2 Å². The third-order valence-corrected chi connectivity index (χ3v) is 6.45. The number of hydrogen-bond acceptors (Lipinski definition) is 7. The molecule has 2 fully saturated rings. The number of fused-ring (bicyclic) bond motifs is 1. The summed E-state index contributed by atoms with van der Waals surface area (Å²) in [5.74, 6) is -0.232. The van der Waals surface area contributed by atoms with E-state index in [4.69, 9.17) is 0 Å². The standard InChI is InChI=1S/C20H21F5N8/c21-14(22)11-33-17-13(9-28-33)27-10-16(29-17)31-6-2-19(3-7-31)4-8-32(12-19)15-1-5-26-18(30-15)20(23,24)25/h1,5,9-10,14H,2-4,6-8,11-12H2. The van der Waals surface area contributed by atoms with E-state index < -0.39 is 25.0 Å². The predicted octanol–water partition coefficient (Wildman–Crippen LogP) is 3.40. The fourth-order valence-electron chi connectivity index (χ4n) is 4.67. The van der Waals surface area contributed by atoms with Crippen molar-refractivity contribution in [1.82, 2.24) is 29.7 Å². The zero-order valence-electron chi connectivity index (χ0n) is 17.5. The maximum Gasteiger partial charge on any atom is 0.451 e. The summed E-state index contributed by atoms with van der Waals surface area (Å²) >= 11 is 0. The molecule has 0 unspecified atom stereocenters. The van der Waals surface area contributed by atoms with Crippen LogP contribution < -0.4 is 9.80 Å². The summed E-state index contributed by atoms with van der Waals surface area (Å²) in [6, 6.07) is 1.51. The summed E-state index contributed by atoms with van der Waals surface area (Å²) < 4.78 is 65.7. The highest BCUT2D eigenvalue weighted by atomic mass is 19.4. The Morgan fingerprint density at radius 3 is 2.36 bits per heavy atom. The predicted molar refractivity (Wildman–Crippen MR) is 109 cm³/mol. The molecule has 176 valence electrons. The number of anilines is 2. The van der Waals surface area contributed by atoms with E-state index in [0.29, 0.717) is 49.0 Å². The van der Waals surface area contributed by atoms with E-state index in [0.717, 1.165) is 30.1 Å². The van der Waals surface area contributed by atoms with Gasteiger partial charge in [-0.15, -0.1) is 0 Å². The van der Waals surface area contributed by atoms with E-state index in [1.807, 2.05) is 4.90 Å². The Morgan fingerprint density at radius 2 is 1.67 bits per heavy atom. The number of rotatable bonds is 4. The molecule has 0 amide bonds. The molecule has 3 aromatic heterocycles. The number of aromatic nitrogens is 6. The van der Waals surface area contributed by atoms with Crippen LogP contribution in [0.1, 0.15) is 25.1 Å². The largest absolute Gasteiger partial charge is 0.451 e. The molecule has 0 atom stereocenters. The topological polar surface area (TPSA) is 75.9 Å². The molecule has 2 aliphatic rings. The quantitative estimate of drug-likeness (QED) is 0.544. The molecule has 8 nitrogen and oxygen atoms in total. The molecule has 0 aromatic carbocycles. The van der Waals surface area contributed by atoms with Crippen LogP contribution in [-0.4, -0.2) is 62.3 Å². The van der Waals surface area contributed by atoms with Gasteiger partial charge in [-0.25, -0.2) is 33.4 Å². The van der Waals surface area contributed by atoms with Gasteiger partial charge in [-0.2, -0.15) is 18.3 Å². The second-order valence-corrected chi connectivity index (χ2v) is 8.55. The Kier molecular flexibility index (Phi) is 5.28. The van der Waals surface area contributed by atoms with Crippen molar-refractivity contribution in [2.75, 3.05) is 36.0 Å². The minimum atomic E-state index is -4.58. The van der Waals surface area contributed by atoms with Gasteiger partial charge in [-0.05, 0) is 30.7 Å². The number of nitrogens with zero attached hydrogens (tertiary/aromatic N) is 8. The maximum atomic E-state index is 13.0. The smallest absolute Gasteiger partial charge is 0.356 e. The van der Waals surface area contributed by atoms with Gasteiger partial charge in [0.15, 0.2) is 5.65 Å². The molecule has 5 heterocycles. The van der Waals surface area contributed by atoms with E-state index in [-0.39, 0.29) is 5.41 Å². The Morgan fingerprint density at radius 1 is 0.939 bits per heavy atom. The monoisotopic (exact) mass is 468 g/mol. The average Bonchev–Trinajstić information content (AvgIpc) is 3.38. The van der Waals surface area contributed by atoms with Crippen LogP contribution in [0.3, 0.4) is 0 Å². The molecule has 0 saturated carbocycles. The Bertz CT molecular complexity index is 1140. The summed E-state index contributed by atoms with van der Waals surface area (Å²) in [6.07, 6.45) is -0.413. The van der Waals surface area contributed by atoms with Gasteiger partial charge in [-0.1, -0.05) is 0 Å². The summed E-state index contributed by atoms with van der Waals surface area (Å²) in [5, 5.41) is 3.94. The van der Waals surface area contributed by atoms with Crippen LogP contribution >= 0.6 is 0 Å². The van der Waals surface area contributed by atoms with Crippen molar-refractivity contribution in [3.05, 3.63) is 30.5 Å². The van der Waals surface area contributed by atoms with Crippen LogP contribution in [0.15, 0.2) is 24.7 Å². The average molecular weight is 468 g/mol. The summed E-state index contributed by atoms with van der Waals surface area (Å²) in [6.45, 7) is 2.09. The van der Waals surface area contributed by atoms with Crippen LogP contribution in [0, 0.1) is 5.41 Å². The van der Waals surface area contributed by atoms with Crippen LogP contribution in [0.5, 0.6) is 0 Å². The number of alkyl halides is 5. The minimum Gasteiger partial charge on any atom is -0.356 e. The lowest BCUT2D eigenvalue weighted by Gasteiger charge is -2.39. The first kappa shape index (κ1) is 21.7. The normalized spacial score (nSPS) is 18.7. The molecule has 33 heavy (non-hydrogen) atoms. The molecule has 13 heteroatoms. The van der Waals surface area contributed by atoms with Crippen molar-refractivity contribution in [3.63, 3.8) is 0 Å². The Balaban J connectivity index is 1.27. The van der Waals surface area contributed by atoms with Crippen molar-refractivity contribution >= 4 is 22.8 Å². The van der Waals surface area contributed by atoms with Crippen molar-refractivity contribution in [2.24, 2.45) is 5.41 Å². The summed E-state index contributed by atoms with van der Waals surface area (Å²) in [7, 11) is 0. The minimum absolute atomic E-state index is 0.0190. The lowest BCUT2D eigenvalue weighted by molar-refractivity contribution is -0.144. The van der Waals surface area contributed by atoms with Gasteiger partial charge in [0, 0.05) is 32.4 Å². The molecule has 0 aliphatic carbocycles. The first-order chi connectivity index (χ1) is 15.7. The van der Waals surface area contributed by atoms with Crippen molar-refractivity contribution < 1.29 is 22.0 Å². The van der Waals surface area contributed by atoms with Gasteiger partial charge in [0.1, 0.15) is 23.7 Å². The fraction of sp³-hybridized carbons (Fsp3) is 0.550. The van der Waals surface area contributed by atoms with Crippen LogP contribution in [-0.2, 0) is 12.7 Å². The second kappa shape index (κ2) is 8.03. The molecule has 3 aromatic rings. The van der Waals surface area contributed by atoms with Gasteiger partial charge in [0.05, 0.1) is 12.4 Å². The van der Waals surface area contributed by atoms with Gasteiger partial charge in [0.25, 0.3) is 6.43 Å². The zero-order valence-corrected chi connectivity index (χ0v) is 17.5. The number of hydrogen-bond donors (Lipinski definition) is 0. The third-order valence-electron chi connectivity index (χ3n) is 6.45. The SMILES string of the molecule is FC(F)Cn1ncc2ncc(N3CCC4(CCN(c5ccnc(C(F)(F)F)n5)C4)CC3)nc21. The molecular formula is C20H21F5N8. The van der Waals surface area contributed by atoms with E-state index >= 15 is 0 Å². The first-order valence-corrected chi connectivity index (χ1v) is 10.6. The molecule has 0 radical (unpaired) electrons. The molecule has 2 saturated heterocycles. The number of piperidine rings is 1. The van der Waals surface area contributed by atoms with E-state index in [2.05, 4.69) is 29.9 Å². The van der Waals surface area contributed by atoms with Crippen molar-refractivity contribution in [2.45, 2.75) is 38.4 Å². The van der Waals surface area contributed by atoms with E-state index in [1.165, 1.54) is 12.3 Å². The second-order valence-electron chi connectivity index (χ2n) is 8.55. The molecule has 0 bridgehead atoms. The van der Waals surface area contributed by atoms with Gasteiger partial charge >= 0.3 is 6.18 Å². The number of halogens is 5. The maximum absolute atomic E-state index is 13.0. The zero-order chi connectivity index (χ0) is 23.2. The van der Waals surface area contributed by atoms with Crippen LogP contribution in [0.4, 0.5) is 33.6 Å². The highest BCUT2D eigenvalue weighted by molar-refractivity contribution is 5.71. The van der Waals surface area contributed by atoms with E-state index in [1.54, 1.807) is 6.20 Å².